The normalized spacial score (nSPS) is 11.0. The van der Waals surface area contributed by atoms with Gasteiger partial charge in [-0.05, 0) is 38.3 Å². The highest BCUT2D eigenvalue weighted by Gasteiger charge is 2.16. The second kappa shape index (κ2) is 14.1. The molecule has 1 aromatic carbocycles. The van der Waals surface area contributed by atoms with Crippen molar-refractivity contribution in [3.63, 3.8) is 0 Å². The van der Waals surface area contributed by atoms with E-state index in [0.717, 1.165) is 19.3 Å². The quantitative estimate of drug-likeness (QED) is 0.250. The molecule has 1 aromatic rings. The Kier molecular flexibility index (Phi) is 11.9. The summed E-state index contributed by atoms with van der Waals surface area (Å²) in [6, 6.07) is 6.15. The predicted octanol–water partition coefficient (Wildman–Crippen LogP) is 6.02. The molecule has 1 rings (SSSR count). The highest BCUT2D eigenvalue weighted by Crippen LogP contribution is 2.13. The lowest BCUT2D eigenvalue weighted by Crippen LogP contribution is -2.12. The van der Waals surface area contributed by atoms with Crippen LogP contribution in [0.5, 0.6) is 0 Å². The van der Waals surface area contributed by atoms with Crippen molar-refractivity contribution in [2.24, 2.45) is 0 Å². The molecule has 0 bridgehead atoms. The first-order valence-electron chi connectivity index (χ1n) is 9.77. The van der Waals surface area contributed by atoms with Crippen LogP contribution in [0.15, 0.2) is 36.4 Å². The third kappa shape index (κ3) is 9.40. The molecule has 0 saturated heterocycles. The summed E-state index contributed by atoms with van der Waals surface area (Å²) in [5, 5.41) is 9.09. The SMILES string of the molecule is C/C=C/CCCCCCCCCCCOC(=O)c1ccccc1C(=O)O. The third-order valence-corrected chi connectivity index (χ3v) is 4.36. The van der Waals surface area contributed by atoms with Gasteiger partial charge in [0.05, 0.1) is 17.7 Å². The van der Waals surface area contributed by atoms with Gasteiger partial charge >= 0.3 is 11.9 Å². The molecular weight excluding hydrogens is 328 g/mol. The van der Waals surface area contributed by atoms with Crippen LogP contribution in [0.4, 0.5) is 0 Å². The van der Waals surface area contributed by atoms with Crippen LogP contribution in [-0.4, -0.2) is 23.7 Å². The molecule has 0 amide bonds. The van der Waals surface area contributed by atoms with E-state index < -0.39 is 11.9 Å². The van der Waals surface area contributed by atoms with Crippen molar-refractivity contribution >= 4 is 11.9 Å². The minimum absolute atomic E-state index is 0.0109. The van der Waals surface area contributed by atoms with Gasteiger partial charge in [-0.15, -0.1) is 0 Å². The lowest BCUT2D eigenvalue weighted by atomic mass is 10.1. The van der Waals surface area contributed by atoms with E-state index in [1.165, 1.54) is 57.1 Å². The zero-order valence-corrected chi connectivity index (χ0v) is 15.9. The molecule has 0 unspecified atom stereocenters. The van der Waals surface area contributed by atoms with Gasteiger partial charge in [-0.1, -0.05) is 69.2 Å². The van der Waals surface area contributed by atoms with Crippen LogP contribution in [0.2, 0.25) is 0 Å². The fourth-order valence-corrected chi connectivity index (χ4v) is 2.86. The number of carbonyl (C=O) groups excluding carboxylic acids is 1. The summed E-state index contributed by atoms with van der Waals surface area (Å²) in [5.41, 5.74) is 0.109. The Morgan fingerprint density at radius 2 is 1.42 bits per heavy atom. The molecule has 0 fully saturated rings. The molecule has 0 radical (unpaired) electrons. The van der Waals surface area contributed by atoms with E-state index in [1.54, 1.807) is 12.1 Å². The van der Waals surface area contributed by atoms with Crippen LogP contribution in [0.25, 0.3) is 0 Å². The molecule has 0 spiro atoms. The predicted molar refractivity (Wildman–Crippen MR) is 105 cm³/mol. The Hall–Kier alpha value is -2.10. The maximum atomic E-state index is 12.0. The maximum absolute atomic E-state index is 12.0. The van der Waals surface area contributed by atoms with Crippen LogP contribution in [-0.2, 0) is 4.74 Å². The number of carboxylic acids is 1. The highest BCUT2D eigenvalue weighted by atomic mass is 16.5. The van der Waals surface area contributed by atoms with Gasteiger partial charge in [-0.25, -0.2) is 9.59 Å². The van der Waals surface area contributed by atoms with E-state index in [9.17, 15) is 9.59 Å². The monoisotopic (exact) mass is 360 g/mol. The smallest absolute Gasteiger partial charge is 0.339 e. The molecule has 0 aromatic heterocycles. The van der Waals surface area contributed by atoms with E-state index in [2.05, 4.69) is 19.1 Å². The van der Waals surface area contributed by atoms with Crippen LogP contribution in [0, 0.1) is 0 Å². The second-order valence-electron chi connectivity index (χ2n) is 6.53. The number of hydrogen-bond acceptors (Lipinski definition) is 3. The molecule has 0 aliphatic carbocycles. The van der Waals surface area contributed by atoms with Crippen LogP contribution < -0.4 is 0 Å². The van der Waals surface area contributed by atoms with Crippen molar-refractivity contribution in [3.8, 4) is 0 Å². The standard InChI is InChI=1S/C22H32O4/c1-2-3-4-5-6-7-8-9-10-11-12-15-18-26-22(25)20-17-14-13-16-19(20)21(23)24/h2-3,13-14,16-17H,4-12,15,18H2,1H3,(H,23,24)/b3-2+. The summed E-state index contributed by atoms with van der Waals surface area (Å²) in [6.07, 6.45) is 16.3. The molecule has 0 saturated carbocycles. The zero-order valence-electron chi connectivity index (χ0n) is 15.9. The fraction of sp³-hybridized carbons (Fsp3) is 0.545. The average molecular weight is 360 g/mol. The van der Waals surface area contributed by atoms with Gasteiger partial charge in [0.1, 0.15) is 0 Å². The largest absolute Gasteiger partial charge is 0.478 e. The number of benzene rings is 1. The first-order valence-corrected chi connectivity index (χ1v) is 9.77. The lowest BCUT2D eigenvalue weighted by molar-refractivity contribution is 0.0487. The van der Waals surface area contributed by atoms with Gasteiger partial charge in [0.15, 0.2) is 0 Å². The van der Waals surface area contributed by atoms with Gasteiger partial charge < -0.3 is 9.84 Å². The number of ether oxygens (including phenoxy) is 1. The number of carboxylic acid groups (broad SMARTS) is 1. The molecule has 4 nitrogen and oxygen atoms in total. The number of aromatic carboxylic acids is 1. The number of hydrogen-bond donors (Lipinski definition) is 1. The van der Waals surface area contributed by atoms with Gasteiger partial charge in [-0.2, -0.15) is 0 Å². The average Bonchev–Trinajstić information content (AvgIpc) is 2.65. The second-order valence-corrected chi connectivity index (χ2v) is 6.53. The van der Waals surface area contributed by atoms with Crippen LogP contribution in [0.3, 0.4) is 0 Å². The number of rotatable bonds is 14. The molecular formula is C22H32O4. The first kappa shape index (κ1) is 21.9. The number of unbranched alkanes of at least 4 members (excludes halogenated alkanes) is 9. The number of allylic oxidation sites excluding steroid dienone is 2. The zero-order chi connectivity index (χ0) is 19.0. The molecule has 26 heavy (non-hydrogen) atoms. The minimum atomic E-state index is -1.11. The first-order chi connectivity index (χ1) is 12.7. The van der Waals surface area contributed by atoms with E-state index >= 15 is 0 Å². The van der Waals surface area contributed by atoms with Crippen molar-refractivity contribution in [1.82, 2.24) is 0 Å². The van der Waals surface area contributed by atoms with E-state index in [-0.39, 0.29) is 11.1 Å². The molecule has 0 heterocycles. The lowest BCUT2D eigenvalue weighted by Gasteiger charge is -2.07. The van der Waals surface area contributed by atoms with E-state index in [0.29, 0.717) is 6.61 Å². The molecule has 0 aliphatic rings. The summed E-state index contributed by atoms with van der Waals surface area (Å²) < 4.78 is 5.20. The van der Waals surface area contributed by atoms with Gasteiger partial charge in [-0.3, -0.25) is 0 Å². The third-order valence-electron chi connectivity index (χ3n) is 4.36. The molecule has 1 N–H and O–H groups in total. The van der Waals surface area contributed by atoms with Gasteiger partial charge in [0.25, 0.3) is 0 Å². The van der Waals surface area contributed by atoms with Crippen molar-refractivity contribution in [1.29, 1.82) is 0 Å². The summed E-state index contributed by atoms with van der Waals surface area (Å²) in [5.74, 6) is -1.67. The Bertz CT molecular complexity index is 563. The Morgan fingerprint density at radius 1 is 0.885 bits per heavy atom. The summed E-state index contributed by atoms with van der Waals surface area (Å²) >= 11 is 0. The summed E-state index contributed by atoms with van der Waals surface area (Å²) in [6.45, 7) is 2.41. The molecule has 144 valence electrons. The van der Waals surface area contributed by atoms with E-state index in [1.807, 2.05) is 0 Å². The van der Waals surface area contributed by atoms with Crippen molar-refractivity contribution in [2.75, 3.05) is 6.61 Å². The maximum Gasteiger partial charge on any atom is 0.339 e. The topological polar surface area (TPSA) is 63.6 Å². The van der Waals surface area contributed by atoms with Crippen LogP contribution >= 0.6 is 0 Å². The number of carbonyl (C=O) groups is 2. The van der Waals surface area contributed by atoms with Crippen molar-refractivity contribution in [3.05, 3.63) is 47.5 Å². The van der Waals surface area contributed by atoms with Gasteiger partial charge in [0.2, 0.25) is 0 Å². The Labute approximate surface area is 157 Å². The van der Waals surface area contributed by atoms with Crippen molar-refractivity contribution < 1.29 is 19.4 Å². The minimum Gasteiger partial charge on any atom is -0.478 e. The number of esters is 1. The highest BCUT2D eigenvalue weighted by molar-refractivity contribution is 6.02. The Balaban J connectivity index is 2.02. The summed E-state index contributed by atoms with van der Waals surface area (Å²) in [7, 11) is 0. The van der Waals surface area contributed by atoms with Crippen LogP contribution in [0.1, 0.15) is 91.8 Å². The molecule has 0 aliphatic heterocycles. The van der Waals surface area contributed by atoms with Gasteiger partial charge in [0, 0.05) is 0 Å². The van der Waals surface area contributed by atoms with E-state index in [4.69, 9.17) is 9.84 Å². The fourth-order valence-electron chi connectivity index (χ4n) is 2.86. The summed E-state index contributed by atoms with van der Waals surface area (Å²) in [4.78, 5) is 23.1. The molecule has 4 heteroatoms. The van der Waals surface area contributed by atoms with Crippen molar-refractivity contribution in [2.45, 2.75) is 71.1 Å². The Morgan fingerprint density at radius 3 is 2.00 bits per heavy atom. The molecule has 0 atom stereocenters.